The molecule has 5 nitrogen and oxygen atoms in total. The van der Waals surface area contributed by atoms with Crippen LogP contribution in [-0.2, 0) is 14.8 Å². The minimum Gasteiger partial charge on any atom is -0.353 e. The van der Waals surface area contributed by atoms with E-state index in [1.807, 2.05) is 19.1 Å². The van der Waals surface area contributed by atoms with Gasteiger partial charge >= 0.3 is 0 Å². The third kappa shape index (κ3) is 4.86. The Balaban J connectivity index is 1.45. The fourth-order valence-corrected chi connectivity index (χ4v) is 5.47. The van der Waals surface area contributed by atoms with Crippen molar-refractivity contribution in [1.29, 1.82) is 0 Å². The van der Waals surface area contributed by atoms with Gasteiger partial charge in [0.15, 0.2) is 0 Å². The number of benzene rings is 1. The number of aryl methyl sites for hydroxylation is 1. The standard InChI is InChI=1S/C20H30N2O3S/c1-16-6-9-19(10-7-16)26(24,25)22-14-12-17(13-15-22)8-11-20(23)21-18-4-2-3-5-18/h6-7,9-10,17-18H,2-5,8,11-15H2,1H3,(H,21,23). The fourth-order valence-electron chi connectivity index (χ4n) is 4.00. The van der Waals surface area contributed by atoms with Crippen LogP contribution in [0.5, 0.6) is 0 Å². The molecule has 1 saturated heterocycles. The summed E-state index contributed by atoms with van der Waals surface area (Å²) in [6.45, 7) is 3.04. The van der Waals surface area contributed by atoms with Gasteiger partial charge in [-0.3, -0.25) is 4.79 Å². The molecule has 1 aromatic rings. The minimum absolute atomic E-state index is 0.159. The Bertz CT molecular complexity index is 701. The SMILES string of the molecule is Cc1ccc(S(=O)(=O)N2CCC(CCC(=O)NC3CCCC3)CC2)cc1. The highest BCUT2D eigenvalue weighted by Crippen LogP contribution is 2.27. The largest absolute Gasteiger partial charge is 0.353 e. The maximum atomic E-state index is 12.7. The van der Waals surface area contributed by atoms with Gasteiger partial charge in [0, 0.05) is 25.6 Å². The molecule has 2 aliphatic rings. The summed E-state index contributed by atoms with van der Waals surface area (Å²) >= 11 is 0. The zero-order valence-electron chi connectivity index (χ0n) is 15.6. The van der Waals surface area contributed by atoms with E-state index in [1.54, 1.807) is 16.4 Å². The number of carbonyl (C=O) groups excluding carboxylic acids is 1. The Morgan fingerprint density at radius 1 is 1.08 bits per heavy atom. The molecule has 2 fully saturated rings. The van der Waals surface area contributed by atoms with Crippen molar-refractivity contribution in [1.82, 2.24) is 9.62 Å². The third-order valence-corrected chi connectivity index (χ3v) is 7.65. The summed E-state index contributed by atoms with van der Waals surface area (Å²) in [4.78, 5) is 12.4. The Hall–Kier alpha value is -1.40. The van der Waals surface area contributed by atoms with Crippen molar-refractivity contribution >= 4 is 15.9 Å². The lowest BCUT2D eigenvalue weighted by Gasteiger charge is -2.31. The van der Waals surface area contributed by atoms with E-state index >= 15 is 0 Å². The van der Waals surface area contributed by atoms with Gasteiger partial charge in [-0.2, -0.15) is 4.31 Å². The summed E-state index contributed by atoms with van der Waals surface area (Å²) in [5.41, 5.74) is 1.05. The summed E-state index contributed by atoms with van der Waals surface area (Å²) in [5.74, 6) is 0.598. The van der Waals surface area contributed by atoms with E-state index in [1.165, 1.54) is 12.8 Å². The highest BCUT2D eigenvalue weighted by atomic mass is 32.2. The molecule has 26 heavy (non-hydrogen) atoms. The number of amides is 1. The molecular formula is C20H30N2O3S. The minimum atomic E-state index is -3.40. The van der Waals surface area contributed by atoms with E-state index in [9.17, 15) is 13.2 Å². The van der Waals surface area contributed by atoms with Crippen molar-refractivity contribution in [3.05, 3.63) is 29.8 Å². The molecule has 0 atom stereocenters. The monoisotopic (exact) mass is 378 g/mol. The molecule has 1 saturated carbocycles. The lowest BCUT2D eigenvalue weighted by atomic mass is 9.93. The number of carbonyl (C=O) groups is 1. The van der Waals surface area contributed by atoms with E-state index in [-0.39, 0.29) is 5.91 Å². The van der Waals surface area contributed by atoms with Gasteiger partial charge in [0.1, 0.15) is 0 Å². The first-order chi connectivity index (χ1) is 12.4. The van der Waals surface area contributed by atoms with E-state index in [0.29, 0.717) is 36.4 Å². The second-order valence-corrected chi connectivity index (χ2v) is 9.69. The van der Waals surface area contributed by atoms with Crippen LogP contribution in [-0.4, -0.2) is 37.8 Å². The van der Waals surface area contributed by atoms with E-state index in [2.05, 4.69) is 5.32 Å². The van der Waals surface area contributed by atoms with Gasteiger partial charge in [0.25, 0.3) is 0 Å². The van der Waals surface area contributed by atoms with Crippen molar-refractivity contribution in [2.24, 2.45) is 5.92 Å². The van der Waals surface area contributed by atoms with Gasteiger partial charge < -0.3 is 5.32 Å². The van der Waals surface area contributed by atoms with Gasteiger partial charge in [-0.05, 0) is 57.1 Å². The first kappa shape index (κ1) is 19.4. The lowest BCUT2D eigenvalue weighted by Crippen LogP contribution is -2.39. The van der Waals surface area contributed by atoms with Crippen molar-refractivity contribution in [2.45, 2.75) is 69.2 Å². The summed E-state index contributed by atoms with van der Waals surface area (Å²) in [7, 11) is -3.40. The van der Waals surface area contributed by atoms with Crippen molar-refractivity contribution in [3.63, 3.8) is 0 Å². The summed E-state index contributed by atoms with van der Waals surface area (Å²) in [5, 5.41) is 3.13. The quantitative estimate of drug-likeness (QED) is 0.826. The highest BCUT2D eigenvalue weighted by molar-refractivity contribution is 7.89. The number of nitrogens with one attached hydrogen (secondary N) is 1. The van der Waals surface area contributed by atoms with E-state index in [0.717, 1.165) is 37.7 Å². The summed E-state index contributed by atoms with van der Waals surface area (Å²) in [6, 6.07) is 7.42. The molecule has 144 valence electrons. The molecule has 0 bridgehead atoms. The number of piperidine rings is 1. The van der Waals surface area contributed by atoms with Crippen LogP contribution >= 0.6 is 0 Å². The molecule has 0 spiro atoms. The van der Waals surface area contributed by atoms with Gasteiger partial charge in [0.2, 0.25) is 15.9 Å². The van der Waals surface area contributed by atoms with Crippen molar-refractivity contribution in [3.8, 4) is 0 Å². The molecule has 1 amide bonds. The first-order valence-electron chi connectivity index (χ1n) is 9.81. The molecule has 1 aliphatic carbocycles. The van der Waals surface area contributed by atoms with Crippen LogP contribution in [0, 0.1) is 12.8 Å². The fraction of sp³-hybridized carbons (Fsp3) is 0.650. The highest BCUT2D eigenvalue weighted by Gasteiger charge is 2.29. The molecule has 1 heterocycles. The zero-order chi connectivity index (χ0) is 18.6. The lowest BCUT2D eigenvalue weighted by molar-refractivity contribution is -0.122. The molecule has 1 aliphatic heterocycles. The van der Waals surface area contributed by atoms with Crippen LogP contribution in [0.3, 0.4) is 0 Å². The molecule has 6 heteroatoms. The normalized spacial score (nSPS) is 20.3. The van der Waals surface area contributed by atoms with Crippen LogP contribution in [0.1, 0.15) is 56.9 Å². The second-order valence-electron chi connectivity index (χ2n) is 7.75. The van der Waals surface area contributed by atoms with Crippen LogP contribution in [0.25, 0.3) is 0 Å². The second kappa shape index (κ2) is 8.53. The van der Waals surface area contributed by atoms with E-state index in [4.69, 9.17) is 0 Å². The maximum absolute atomic E-state index is 12.7. The Morgan fingerprint density at radius 2 is 1.69 bits per heavy atom. The number of sulfonamides is 1. The van der Waals surface area contributed by atoms with Crippen LogP contribution in [0.15, 0.2) is 29.2 Å². The molecule has 0 radical (unpaired) electrons. The number of rotatable bonds is 6. The zero-order valence-corrected chi connectivity index (χ0v) is 16.4. The predicted octanol–water partition coefficient (Wildman–Crippen LogP) is 3.23. The average molecular weight is 379 g/mol. The molecular weight excluding hydrogens is 348 g/mol. The van der Waals surface area contributed by atoms with Crippen LogP contribution in [0.2, 0.25) is 0 Å². The molecule has 3 rings (SSSR count). The predicted molar refractivity (Wildman–Crippen MR) is 102 cm³/mol. The Labute approximate surface area is 157 Å². The summed E-state index contributed by atoms with van der Waals surface area (Å²) < 4.78 is 27.0. The van der Waals surface area contributed by atoms with Gasteiger partial charge in [-0.25, -0.2) is 8.42 Å². The van der Waals surface area contributed by atoms with Gasteiger partial charge in [0.05, 0.1) is 4.90 Å². The average Bonchev–Trinajstić information content (AvgIpc) is 3.14. The van der Waals surface area contributed by atoms with Crippen molar-refractivity contribution < 1.29 is 13.2 Å². The van der Waals surface area contributed by atoms with Gasteiger partial charge in [-0.15, -0.1) is 0 Å². The Morgan fingerprint density at radius 3 is 2.31 bits per heavy atom. The van der Waals surface area contributed by atoms with Crippen molar-refractivity contribution in [2.75, 3.05) is 13.1 Å². The molecule has 1 aromatic carbocycles. The Kier molecular flexibility index (Phi) is 6.35. The van der Waals surface area contributed by atoms with Gasteiger partial charge in [-0.1, -0.05) is 30.5 Å². The molecule has 0 aromatic heterocycles. The van der Waals surface area contributed by atoms with Crippen LogP contribution in [0.4, 0.5) is 0 Å². The maximum Gasteiger partial charge on any atom is 0.243 e. The van der Waals surface area contributed by atoms with Crippen LogP contribution < -0.4 is 5.32 Å². The number of hydrogen-bond acceptors (Lipinski definition) is 3. The van der Waals surface area contributed by atoms with E-state index < -0.39 is 10.0 Å². The smallest absolute Gasteiger partial charge is 0.243 e. The number of hydrogen-bond donors (Lipinski definition) is 1. The topological polar surface area (TPSA) is 66.5 Å². The molecule has 0 unspecified atom stereocenters. The molecule has 1 N–H and O–H groups in total. The number of nitrogens with zero attached hydrogens (tertiary/aromatic N) is 1. The first-order valence-corrected chi connectivity index (χ1v) is 11.3. The third-order valence-electron chi connectivity index (χ3n) is 5.73. The summed E-state index contributed by atoms with van der Waals surface area (Å²) in [6.07, 6.45) is 7.76.